The Balaban J connectivity index is 1.75. The third-order valence-electron chi connectivity index (χ3n) is 3.31. The molecule has 9 heteroatoms. The molecule has 3 aromatic rings. The molecule has 1 aromatic carbocycles. The van der Waals surface area contributed by atoms with Gasteiger partial charge in [0.1, 0.15) is 11.6 Å². The number of aryl methyl sites for hydroxylation is 1. The van der Waals surface area contributed by atoms with Gasteiger partial charge in [-0.2, -0.15) is 9.97 Å². The topological polar surface area (TPSA) is 100.0 Å². The third kappa shape index (κ3) is 4.21. The maximum absolute atomic E-state index is 6.23. The van der Waals surface area contributed by atoms with Crippen LogP contribution in [0.2, 0.25) is 5.02 Å². The second-order valence-corrected chi connectivity index (χ2v) is 6.35. The summed E-state index contributed by atoms with van der Waals surface area (Å²) in [6.07, 6.45) is 2.33. The summed E-state index contributed by atoms with van der Waals surface area (Å²) in [6, 6.07) is 5.35. The summed E-state index contributed by atoms with van der Waals surface area (Å²) in [7, 11) is 1.60. The normalized spacial score (nSPS) is 10.8. The van der Waals surface area contributed by atoms with E-state index in [0.717, 1.165) is 5.56 Å². The number of benzene rings is 1. The predicted molar refractivity (Wildman–Crippen MR) is 96.7 cm³/mol. The molecule has 2 N–H and O–H groups in total. The first-order valence-electron chi connectivity index (χ1n) is 7.51. The van der Waals surface area contributed by atoms with E-state index in [9.17, 15) is 0 Å². The minimum Gasteiger partial charge on any atom is -0.497 e. The number of oxazole rings is 1. The van der Waals surface area contributed by atoms with Crippen molar-refractivity contribution in [1.82, 2.24) is 19.9 Å². The van der Waals surface area contributed by atoms with E-state index in [1.165, 1.54) is 11.8 Å². The van der Waals surface area contributed by atoms with Gasteiger partial charge in [-0.1, -0.05) is 30.3 Å². The first-order valence-corrected chi connectivity index (χ1v) is 8.87. The largest absolute Gasteiger partial charge is 0.497 e. The zero-order valence-corrected chi connectivity index (χ0v) is 15.3. The van der Waals surface area contributed by atoms with Crippen LogP contribution in [0.15, 0.2) is 34.0 Å². The Bertz CT molecular complexity index is 887. The highest BCUT2D eigenvalue weighted by Gasteiger charge is 2.12. The molecule has 2 aromatic heterocycles. The van der Waals surface area contributed by atoms with Gasteiger partial charge in [-0.05, 0) is 18.2 Å². The molecular weight excluding hydrogens is 362 g/mol. The Morgan fingerprint density at radius 1 is 1.28 bits per heavy atom. The molecule has 0 atom stereocenters. The van der Waals surface area contributed by atoms with Gasteiger partial charge >= 0.3 is 0 Å². The van der Waals surface area contributed by atoms with Crippen LogP contribution in [0.5, 0.6) is 5.75 Å². The summed E-state index contributed by atoms with van der Waals surface area (Å²) >= 11 is 7.61. The van der Waals surface area contributed by atoms with Crippen molar-refractivity contribution in [1.29, 1.82) is 0 Å². The van der Waals surface area contributed by atoms with Crippen molar-refractivity contribution in [3.8, 4) is 17.1 Å². The van der Waals surface area contributed by atoms with Crippen LogP contribution in [0.3, 0.4) is 0 Å². The van der Waals surface area contributed by atoms with Crippen molar-refractivity contribution in [2.75, 3.05) is 12.8 Å². The SMILES string of the molecule is CCc1nc(N)nc(SCc2ncc(-c3cc(OC)ccc3Cl)o2)n1. The number of aromatic nitrogens is 4. The maximum Gasteiger partial charge on any atom is 0.224 e. The Kier molecular flexibility index (Phi) is 5.40. The van der Waals surface area contributed by atoms with E-state index in [-0.39, 0.29) is 5.95 Å². The second-order valence-electron chi connectivity index (χ2n) is 5.00. The molecule has 25 heavy (non-hydrogen) atoms. The molecule has 0 spiro atoms. The highest BCUT2D eigenvalue weighted by Crippen LogP contribution is 2.32. The number of nitrogens with two attached hydrogens (primary N) is 1. The fourth-order valence-corrected chi connectivity index (χ4v) is 3.01. The van der Waals surface area contributed by atoms with E-state index in [2.05, 4.69) is 19.9 Å². The number of halogens is 1. The first-order chi connectivity index (χ1) is 12.1. The van der Waals surface area contributed by atoms with Gasteiger partial charge in [0, 0.05) is 12.0 Å². The highest BCUT2D eigenvalue weighted by molar-refractivity contribution is 7.98. The molecule has 0 aliphatic rings. The second kappa shape index (κ2) is 7.71. The molecule has 0 amide bonds. The molecule has 0 saturated heterocycles. The van der Waals surface area contributed by atoms with E-state index >= 15 is 0 Å². The summed E-state index contributed by atoms with van der Waals surface area (Å²) in [5.41, 5.74) is 6.41. The van der Waals surface area contributed by atoms with Crippen molar-refractivity contribution >= 4 is 29.3 Å². The van der Waals surface area contributed by atoms with Crippen LogP contribution in [0.4, 0.5) is 5.95 Å². The van der Waals surface area contributed by atoms with Gasteiger partial charge in [-0.25, -0.2) is 9.97 Å². The smallest absolute Gasteiger partial charge is 0.224 e. The number of nitrogens with zero attached hydrogens (tertiary/aromatic N) is 4. The van der Waals surface area contributed by atoms with Gasteiger partial charge in [0.2, 0.25) is 11.8 Å². The summed E-state index contributed by atoms with van der Waals surface area (Å²) in [5.74, 6) is 3.14. The van der Waals surface area contributed by atoms with Crippen LogP contribution in [0.25, 0.3) is 11.3 Å². The third-order valence-corrected chi connectivity index (χ3v) is 4.47. The number of nitrogen functional groups attached to an aromatic ring is 1. The van der Waals surface area contributed by atoms with E-state index in [4.69, 9.17) is 26.5 Å². The monoisotopic (exact) mass is 377 g/mol. The van der Waals surface area contributed by atoms with Gasteiger partial charge < -0.3 is 14.9 Å². The Labute approximate surface area is 154 Å². The summed E-state index contributed by atoms with van der Waals surface area (Å²) in [5, 5.41) is 1.11. The summed E-state index contributed by atoms with van der Waals surface area (Å²) in [6.45, 7) is 1.96. The quantitative estimate of drug-likeness (QED) is 0.650. The minimum absolute atomic E-state index is 0.214. The molecule has 3 rings (SSSR count). The minimum atomic E-state index is 0.214. The van der Waals surface area contributed by atoms with Gasteiger partial charge in [0.15, 0.2) is 10.9 Å². The van der Waals surface area contributed by atoms with E-state index in [1.807, 2.05) is 6.92 Å². The lowest BCUT2D eigenvalue weighted by atomic mass is 10.2. The first kappa shape index (κ1) is 17.5. The number of methoxy groups -OCH3 is 1. The van der Waals surface area contributed by atoms with E-state index in [0.29, 0.717) is 45.6 Å². The van der Waals surface area contributed by atoms with Gasteiger partial charge in [0.25, 0.3) is 0 Å². The number of anilines is 1. The molecule has 0 radical (unpaired) electrons. The van der Waals surface area contributed by atoms with Gasteiger partial charge in [-0.3, -0.25) is 0 Å². The van der Waals surface area contributed by atoms with Crippen LogP contribution in [-0.2, 0) is 12.2 Å². The van der Waals surface area contributed by atoms with Gasteiger partial charge in [0.05, 0.1) is 24.1 Å². The zero-order valence-electron chi connectivity index (χ0n) is 13.7. The standard InChI is InChI=1S/C16H16ClN5O2S/c1-3-13-20-15(18)22-16(21-13)25-8-14-19-7-12(24-14)10-6-9(23-2)4-5-11(10)17/h4-7H,3,8H2,1-2H3,(H2,18,20,21,22). The highest BCUT2D eigenvalue weighted by atomic mass is 35.5. The lowest BCUT2D eigenvalue weighted by molar-refractivity contribution is 0.414. The van der Waals surface area contributed by atoms with Crippen molar-refractivity contribution in [2.45, 2.75) is 24.3 Å². The average molecular weight is 378 g/mol. The lowest BCUT2D eigenvalue weighted by Gasteiger charge is -2.04. The number of hydrogen-bond donors (Lipinski definition) is 1. The van der Waals surface area contributed by atoms with Crippen LogP contribution in [0, 0.1) is 0 Å². The van der Waals surface area contributed by atoms with Crippen molar-refractivity contribution in [3.05, 3.63) is 41.1 Å². The fraction of sp³-hybridized carbons (Fsp3) is 0.250. The molecule has 2 heterocycles. The van der Waals surface area contributed by atoms with E-state index in [1.54, 1.807) is 31.5 Å². The molecular formula is C16H16ClN5O2S. The predicted octanol–water partition coefficient (Wildman–Crippen LogP) is 3.63. The van der Waals surface area contributed by atoms with Crippen molar-refractivity contribution < 1.29 is 9.15 Å². The molecule has 0 aliphatic heterocycles. The fourth-order valence-electron chi connectivity index (χ4n) is 2.09. The number of rotatable bonds is 6. The van der Waals surface area contributed by atoms with Crippen molar-refractivity contribution in [2.24, 2.45) is 0 Å². The molecule has 0 saturated carbocycles. The van der Waals surface area contributed by atoms with E-state index < -0.39 is 0 Å². The Morgan fingerprint density at radius 3 is 2.88 bits per heavy atom. The number of ether oxygens (including phenoxy) is 1. The van der Waals surface area contributed by atoms with Crippen LogP contribution >= 0.6 is 23.4 Å². The average Bonchev–Trinajstić information content (AvgIpc) is 3.08. The van der Waals surface area contributed by atoms with Gasteiger partial charge in [-0.15, -0.1) is 0 Å². The summed E-state index contributed by atoms with van der Waals surface area (Å²) < 4.78 is 11.0. The number of hydrogen-bond acceptors (Lipinski definition) is 8. The molecule has 130 valence electrons. The molecule has 0 bridgehead atoms. The van der Waals surface area contributed by atoms with Crippen LogP contribution in [0.1, 0.15) is 18.6 Å². The van der Waals surface area contributed by atoms with Crippen LogP contribution < -0.4 is 10.5 Å². The molecule has 0 fully saturated rings. The van der Waals surface area contributed by atoms with Crippen molar-refractivity contribution in [3.63, 3.8) is 0 Å². The molecule has 7 nitrogen and oxygen atoms in total. The Hall–Kier alpha value is -2.32. The zero-order chi connectivity index (χ0) is 17.8. The Morgan fingerprint density at radius 2 is 2.12 bits per heavy atom. The molecule has 0 unspecified atom stereocenters. The molecule has 0 aliphatic carbocycles. The maximum atomic E-state index is 6.23. The lowest BCUT2D eigenvalue weighted by Crippen LogP contribution is -2.03. The number of thioether (sulfide) groups is 1. The van der Waals surface area contributed by atoms with Crippen LogP contribution in [-0.4, -0.2) is 27.0 Å². The summed E-state index contributed by atoms with van der Waals surface area (Å²) in [4.78, 5) is 16.8.